The second kappa shape index (κ2) is 4.02. The summed E-state index contributed by atoms with van der Waals surface area (Å²) < 4.78 is 4.65. The summed E-state index contributed by atoms with van der Waals surface area (Å²) in [5.74, 6) is 0.584. The summed E-state index contributed by atoms with van der Waals surface area (Å²) in [6, 6.07) is 7.72. The molecule has 1 aromatic heterocycles. The molecule has 0 saturated heterocycles. The van der Waals surface area contributed by atoms with Gasteiger partial charge in [-0.15, -0.1) is 0 Å². The first-order valence-corrected chi connectivity index (χ1v) is 4.36. The third-order valence-electron chi connectivity index (χ3n) is 1.97. The quantitative estimate of drug-likeness (QED) is 0.791. The second-order valence-electron chi connectivity index (χ2n) is 2.93. The standard InChI is InChI=1S/C10H10N2O2/c13-6-5-8-1-3-9(4-2-8)10-11-7-14-12-10/h1-4,7,13H,5-6H2. The van der Waals surface area contributed by atoms with E-state index in [1.54, 1.807) is 0 Å². The van der Waals surface area contributed by atoms with Crippen LogP contribution in [-0.2, 0) is 6.42 Å². The van der Waals surface area contributed by atoms with Crippen LogP contribution in [0.25, 0.3) is 11.4 Å². The fourth-order valence-electron chi connectivity index (χ4n) is 1.25. The lowest BCUT2D eigenvalue weighted by molar-refractivity contribution is 0.299. The first-order chi connectivity index (χ1) is 6.90. The minimum atomic E-state index is 0.168. The van der Waals surface area contributed by atoms with Crippen molar-refractivity contribution >= 4 is 0 Å². The zero-order chi connectivity index (χ0) is 9.80. The van der Waals surface area contributed by atoms with Crippen LogP contribution in [0.4, 0.5) is 0 Å². The van der Waals surface area contributed by atoms with Crippen molar-refractivity contribution in [1.29, 1.82) is 0 Å². The lowest BCUT2D eigenvalue weighted by atomic mass is 10.1. The van der Waals surface area contributed by atoms with E-state index in [9.17, 15) is 0 Å². The van der Waals surface area contributed by atoms with Crippen molar-refractivity contribution < 1.29 is 9.63 Å². The lowest BCUT2D eigenvalue weighted by Gasteiger charge is -1.98. The van der Waals surface area contributed by atoms with Crippen molar-refractivity contribution in [3.63, 3.8) is 0 Å². The number of benzene rings is 1. The van der Waals surface area contributed by atoms with E-state index in [2.05, 4.69) is 14.7 Å². The molecule has 0 saturated carbocycles. The normalized spacial score (nSPS) is 10.4. The highest BCUT2D eigenvalue weighted by Gasteiger charge is 2.01. The predicted molar refractivity (Wildman–Crippen MR) is 50.5 cm³/mol. The van der Waals surface area contributed by atoms with Crippen molar-refractivity contribution in [2.75, 3.05) is 6.61 Å². The van der Waals surface area contributed by atoms with E-state index >= 15 is 0 Å². The first-order valence-electron chi connectivity index (χ1n) is 4.36. The number of rotatable bonds is 3. The van der Waals surface area contributed by atoms with Crippen LogP contribution < -0.4 is 0 Å². The maximum Gasteiger partial charge on any atom is 0.214 e. The Balaban J connectivity index is 2.22. The molecule has 0 spiro atoms. The number of aliphatic hydroxyl groups is 1. The predicted octanol–water partition coefficient (Wildman–Crippen LogP) is 1.27. The third-order valence-corrected chi connectivity index (χ3v) is 1.97. The Labute approximate surface area is 81.2 Å². The highest BCUT2D eigenvalue weighted by molar-refractivity contribution is 5.54. The van der Waals surface area contributed by atoms with Crippen molar-refractivity contribution in [3.8, 4) is 11.4 Å². The Hall–Kier alpha value is -1.68. The molecule has 0 atom stereocenters. The van der Waals surface area contributed by atoms with E-state index in [1.807, 2.05) is 24.3 Å². The Kier molecular flexibility index (Phi) is 2.55. The van der Waals surface area contributed by atoms with Gasteiger partial charge in [0.25, 0.3) is 0 Å². The van der Waals surface area contributed by atoms with Crippen LogP contribution in [0.1, 0.15) is 5.56 Å². The maximum atomic E-state index is 8.73. The first kappa shape index (κ1) is 8.90. The number of nitrogens with zero attached hydrogens (tertiary/aromatic N) is 2. The van der Waals surface area contributed by atoms with Crippen molar-refractivity contribution in [2.45, 2.75) is 6.42 Å². The van der Waals surface area contributed by atoms with Crippen LogP contribution >= 0.6 is 0 Å². The van der Waals surface area contributed by atoms with E-state index in [1.165, 1.54) is 6.39 Å². The molecule has 4 nitrogen and oxygen atoms in total. The van der Waals surface area contributed by atoms with Gasteiger partial charge in [0.05, 0.1) is 0 Å². The van der Waals surface area contributed by atoms with Crippen LogP contribution in [0, 0.1) is 0 Å². The van der Waals surface area contributed by atoms with Gasteiger partial charge in [0.1, 0.15) is 0 Å². The molecule has 4 heteroatoms. The third kappa shape index (κ3) is 1.80. The summed E-state index contributed by atoms with van der Waals surface area (Å²) in [6.07, 6.45) is 1.98. The van der Waals surface area contributed by atoms with Crippen LogP contribution in [-0.4, -0.2) is 21.9 Å². The largest absolute Gasteiger partial charge is 0.396 e. The van der Waals surface area contributed by atoms with Crippen molar-refractivity contribution in [3.05, 3.63) is 36.2 Å². The lowest BCUT2D eigenvalue weighted by Crippen LogP contribution is -1.90. The SMILES string of the molecule is OCCc1ccc(-c2ncon2)cc1. The van der Waals surface area contributed by atoms with Gasteiger partial charge in [0.2, 0.25) is 12.2 Å². The smallest absolute Gasteiger partial charge is 0.214 e. The van der Waals surface area contributed by atoms with E-state index in [0.717, 1.165) is 11.1 Å². The Bertz CT molecular complexity index is 381. The molecule has 0 radical (unpaired) electrons. The molecule has 0 aliphatic carbocycles. The summed E-state index contributed by atoms with van der Waals surface area (Å²) in [6.45, 7) is 0.168. The summed E-state index contributed by atoms with van der Waals surface area (Å²) in [4.78, 5) is 3.93. The average Bonchev–Trinajstić information content (AvgIpc) is 2.72. The molecule has 2 aromatic rings. The molecule has 14 heavy (non-hydrogen) atoms. The molecule has 72 valence electrons. The van der Waals surface area contributed by atoms with Gasteiger partial charge in [0.15, 0.2) is 0 Å². The monoisotopic (exact) mass is 190 g/mol. The highest BCUT2D eigenvalue weighted by atomic mass is 16.5. The van der Waals surface area contributed by atoms with Gasteiger partial charge < -0.3 is 9.63 Å². The molecular formula is C10H10N2O2. The topological polar surface area (TPSA) is 59.2 Å². The molecule has 0 fully saturated rings. The van der Waals surface area contributed by atoms with Crippen LogP contribution in [0.15, 0.2) is 35.2 Å². The molecule has 2 rings (SSSR count). The molecule has 1 N–H and O–H groups in total. The molecule has 0 amide bonds. The zero-order valence-electron chi connectivity index (χ0n) is 7.55. The molecule has 0 unspecified atom stereocenters. The van der Waals surface area contributed by atoms with Gasteiger partial charge >= 0.3 is 0 Å². The second-order valence-corrected chi connectivity index (χ2v) is 2.93. The van der Waals surface area contributed by atoms with Crippen molar-refractivity contribution in [1.82, 2.24) is 10.1 Å². The molecule has 0 aliphatic rings. The number of aliphatic hydroxyl groups excluding tert-OH is 1. The Morgan fingerprint density at radius 3 is 2.57 bits per heavy atom. The van der Waals surface area contributed by atoms with Crippen LogP contribution in [0.3, 0.4) is 0 Å². The maximum absolute atomic E-state index is 8.73. The van der Waals surface area contributed by atoms with Gasteiger partial charge in [-0.25, -0.2) is 0 Å². The minimum absolute atomic E-state index is 0.168. The number of aromatic nitrogens is 2. The summed E-state index contributed by atoms with van der Waals surface area (Å²) >= 11 is 0. The zero-order valence-corrected chi connectivity index (χ0v) is 7.55. The van der Waals surface area contributed by atoms with Gasteiger partial charge in [0, 0.05) is 12.2 Å². The summed E-state index contributed by atoms with van der Waals surface area (Å²) in [5, 5.41) is 12.5. The van der Waals surface area contributed by atoms with Gasteiger partial charge in [-0.05, 0) is 12.0 Å². The fourth-order valence-corrected chi connectivity index (χ4v) is 1.25. The molecule has 1 heterocycles. The van der Waals surface area contributed by atoms with Crippen molar-refractivity contribution in [2.24, 2.45) is 0 Å². The number of hydrogen-bond donors (Lipinski definition) is 1. The number of hydrogen-bond acceptors (Lipinski definition) is 4. The fraction of sp³-hybridized carbons (Fsp3) is 0.200. The summed E-state index contributed by atoms with van der Waals surface area (Å²) in [7, 11) is 0. The minimum Gasteiger partial charge on any atom is -0.396 e. The molecule has 1 aromatic carbocycles. The van der Waals surface area contributed by atoms with E-state index in [0.29, 0.717) is 12.2 Å². The van der Waals surface area contributed by atoms with Gasteiger partial charge in [-0.2, -0.15) is 4.98 Å². The van der Waals surface area contributed by atoms with Crippen LogP contribution in [0.5, 0.6) is 0 Å². The average molecular weight is 190 g/mol. The van der Waals surface area contributed by atoms with Gasteiger partial charge in [-0.3, -0.25) is 0 Å². The van der Waals surface area contributed by atoms with E-state index < -0.39 is 0 Å². The van der Waals surface area contributed by atoms with E-state index in [-0.39, 0.29) is 6.61 Å². The van der Waals surface area contributed by atoms with E-state index in [4.69, 9.17) is 5.11 Å². The highest BCUT2D eigenvalue weighted by Crippen LogP contribution is 2.14. The molecule has 0 bridgehead atoms. The molecule has 0 aliphatic heterocycles. The summed E-state index contributed by atoms with van der Waals surface area (Å²) in [5.41, 5.74) is 2.01. The van der Waals surface area contributed by atoms with Crippen LogP contribution in [0.2, 0.25) is 0 Å². The Morgan fingerprint density at radius 2 is 2.00 bits per heavy atom. The Morgan fingerprint density at radius 1 is 1.21 bits per heavy atom. The molecular weight excluding hydrogens is 180 g/mol. The van der Waals surface area contributed by atoms with Gasteiger partial charge in [-0.1, -0.05) is 29.4 Å².